The lowest BCUT2D eigenvalue weighted by Crippen LogP contribution is -2.42. The van der Waals surface area contributed by atoms with Crippen LogP contribution in [0.4, 0.5) is 0 Å². The minimum absolute atomic E-state index is 0. The fourth-order valence-corrected chi connectivity index (χ4v) is 6.17. The monoisotopic (exact) mass is 442 g/mol. The Kier molecular flexibility index (Phi) is 5.68. The Bertz CT molecular complexity index is 1190. The van der Waals surface area contributed by atoms with Crippen LogP contribution in [0, 0.1) is 0 Å². The van der Waals surface area contributed by atoms with Crippen molar-refractivity contribution in [3.05, 3.63) is 77.4 Å². The van der Waals surface area contributed by atoms with Crippen molar-refractivity contribution in [3.8, 4) is 0 Å². The Morgan fingerprint density at radius 2 is 1.47 bits per heavy atom. The number of hydrogen-bond acceptors (Lipinski definition) is 4. The predicted molar refractivity (Wildman–Crippen MR) is 119 cm³/mol. The average Bonchev–Trinajstić information content (AvgIpc) is 2.72. The molecule has 7 heteroatoms. The van der Waals surface area contributed by atoms with Crippen molar-refractivity contribution in [2.75, 3.05) is 19.6 Å². The van der Waals surface area contributed by atoms with Crippen LogP contribution in [-0.4, -0.2) is 43.0 Å². The molecular formula is C23H23ClN2O3S. The zero-order valence-electron chi connectivity index (χ0n) is 16.5. The zero-order valence-corrected chi connectivity index (χ0v) is 18.1. The highest BCUT2D eigenvalue weighted by atomic mass is 35.5. The molecule has 156 valence electrons. The van der Waals surface area contributed by atoms with Crippen LogP contribution >= 0.6 is 12.4 Å². The Morgan fingerprint density at radius 1 is 0.800 bits per heavy atom. The van der Waals surface area contributed by atoms with E-state index in [9.17, 15) is 13.2 Å². The van der Waals surface area contributed by atoms with Crippen LogP contribution in [0.25, 0.3) is 10.8 Å². The molecule has 0 aromatic heterocycles. The first-order valence-electron chi connectivity index (χ1n) is 9.88. The predicted octanol–water partition coefficient (Wildman–Crippen LogP) is 3.85. The van der Waals surface area contributed by atoms with E-state index in [-0.39, 0.29) is 29.6 Å². The van der Waals surface area contributed by atoms with Crippen molar-refractivity contribution >= 4 is 39.0 Å². The first-order valence-corrected chi connectivity index (χ1v) is 11.3. The minimum Gasteiger partial charge on any atom is -0.295 e. The van der Waals surface area contributed by atoms with Crippen LogP contribution in [0.1, 0.15) is 27.9 Å². The van der Waals surface area contributed by atoms with Crippen LogP contribution in [0.5, 0.6) is 0 Å². The molecule has 0 saturated carbocycles. The van der Waals surface area contributed by atoms with E-state index in [0.717, 1.165) is 19.6 Å². The number of fused-ring (bicyclic) bond motifs is 1. The van der Waals surface area contributed by atoms with Gasteiger partial charge in [-0.15, -0.1) is 12.4 Å². The standard InChI is InChI=1S/C23H22N2O3S.ClH/c26-21-16-25(29(27,28)22-11-2-1-10-20(21)22)13-5-12-24-14-18-8-3-6-17-7-4-9-19(15-24)23(17)18;/h1-4,6-11H,5,12-16H2;1H. The second-order valence-corrected chi connectivity index (χ2v) is 9.66. The zero-order chi connectivity index (χ0) is 20.0. The summed E-state index contributed by atoms with van der Waals surface area (Å²) < 4.78 is 27.1. The van der Waals surface area contributed by atoms with E-state index >= 15 is 0 Å². The molecule has 0 radical (unpaired) electrons. The van der Waals surface area contributed by atoms with E-state index in [1.54, 1.807) is 18.2 Å². The second kappa shape index (κ2) is 8.12. The van der Waals surface area contributed by atoms with Gasteiger partial charge in [0.05, 0.1) is 11.4 Å². The summed E-state index contributed by atoms with van der Waals surface area (Å²) in [4.78, 5) is 14.9. The van der Waals surface area contributed by atoms with E-state index in [4.69, 9.17) is 0 Å². The normalized spacial score (nSPS) is 18.1. The third kappa shape index (κ3) is 3.54. The molecule has 2 aliphatic rings. The van der Waals surface area contributed by atoms with E-state index in [1.165, 1.54) is 32.3 Å². The number of carbonyl (C=O) groups excluding carboxylic acids is 1. The number of sulfonamides is 1. The number of rotatable bonds is 4. The van der Waals surface area contributed by atoms with Gasteiger partial charge in [0, 0.05) is 31.7 Å². The second-order valence-electron chi connectivity index (χ2n) is 7.75. The average molecular weight is 443 g/mol. The highest BCUT2D eigenvalue weighted by Crippen LogP contribution is 2.30. The molecule has 0 N–H and O–H groups in total. The molecule has 3 aromatic rings. The molecular weight excluding hydrogens is 420 g/mol. The quantitative estimate of drug-likeness (QED) is 0.615. The van der Waals surface area contributed by atoms with Gasteiger partial charge in [-0.25, -0.2) is 8.42 Å². The smallest absolute Gasteiger partial charge is 0.244 e. The first kappa shape index (κ1) is 21.0. The first-order chi connectivity index (χ1) is 14.0. The lowest BCUT2D eigenvalue weighted by molar-refractivity contribution is 0.0954. The molecule has 2 aliphatic heterocycles. The Morgan fingerprint density at radius 3 is 2.17 bits per heavy atom. The molecule has 5 nitrogen and oxygen atoms in total. The van der Waals surface area contributed by atoms with Crippen molar-refractivity contribution in [3.63, 3.8) is 0 Å². The Balaban J connectivity index is 0.00000218. The third-order valence-corrected chi connectivity index (χ3v) is 7.78. The van der Waals surface area contributed by atoms with Crippen LogP contribution in [0.3, 0.4) is 0 Å². The van der Waals surface area contributed by atoms with Gasteiger partial charge in [-0.1, -0.05) is 48.5 Å². The van der Waals surface area contributed by atoms with E-state index in [2.05, 4.69) is 41.3 Å². The molecule has 0 bridgehead atoms. The number of benzene rings is 3. The molecule has 0 amide bonds. The summed E-state index contributed by atoms with van der Waals surface area (Å²) in [5.41, 5.74) is 2.95. The fraction of sp³-hybridized carbons (Fsp3) is 0.261. The maximum absolute atomic E-state index is 12.9. The van der Waals surface area contributed by atoms with E-state index < -0.39 is 10.0 Å². The topological polar surface area (TPSA) is 57.7 Å². The highest BCUT2D eigenvalue weighted by Gasteiger charge is 2.35. The molecule has 0 aliphatic carbocycles. The lowest BCUT2D eigenvalue weighted by Gasteiger charge is -2.31. The van der Waals surface area contributed by atoms with Crippen LogP contribution < -0.4 is 0 Å². The van der Waals surface area contributed by atoms with Gasteiger partial charge in [-0.2, -0.15) is 4.31 Å². The molecule has 5 rings (SSSR count). The summed E-state index contributed by atoms with van der Waals surface area (Å²) >= 11 is 0. The van der Waals surface area contributed by atoms with Gasteiger partial charge in [-0.3, -0.25) is 9.69 Å². The summed E-state index contributed by atoms with van der Waals surface area (Å²) in [6.07, 6.45) is 0.687. The van der Waals surface area contributed by atoms with Gasteiger partial charge in [0.2, 0.25) is 10.0 Å². The maximum Gasteiger partial charge on any atom is 0.244 e. The van der Waals surface area contributed by atoms with Crippen molar-refractivity contribution in [2.45, 2.75) is 24.4 Å². The number of halogens is 1. The molecule has 0 atom stereocenters. The summed E-state index contributed by atoms with van der Waals surface area (Å²) in [7, 11) is -3.61. The SMILES string of the molecule is Cl.O=C1CN(CCCN2Cc3cccc4cccc(c34)C2)S(=O)(=O)c2ccccc21. The summed E-state index contributed by atoms with van der Waals surface area (Å²) in [6.45, 7) is 2.80. The van der Waals surface area contributed by atoms with Crippen molar-refractivity contribution in [1.82, 2.24) is 9.21 Å². The minimum atomic E-state index is -3.61. The van der Waals surface area contributed by atoms with Gasteiger partial charge in [0.15, 0.2) is 5.78 Å². The summed E-state index contributed by atoms with van der Waals surface area (Å²) in [5.74, 6) is -0.131. The van der Waals surface area contributed by atoms with Gasteiger partial charge in [0.25, 0.3) is 0 Å². The van der Waals surface area contributed by atoms with Crippen LogP contribution in [0.15, 0.2) is 65.6 Å². The van der Waals surface area contributed by atoms with E-state index in [1.807, 2.05) is 0 Å². The van der Waals surface area contributed by atoms with Crippen molar-refractivity contribution < 1.29 is 13.2 Å². The van der Waals surface area contributed by atoms with Gasteiger partial charge in [0.1, 0.15) is 0 Å². The summed E-state index contributed by atoms with van der Waals surface area (Å²) in [5, 5.41) is 2.63. The van der Waals surface area contributed by atoms with Gasteiger partial charge < -0.3 is 0 Å². The third-order valence-electron chi connectivity index (χ3n) is 5.87. The van der Waals surface area contributed by atoms with Crippen molar-refractivity contribution in [2.24, 2.45) is 0 Å². The van der Waals surface area contributed by atoms with Crippen LogP contribution in [-0.2, 0) is 23.1 Å². The summed E-state index contributed by atoms with van der Waals surface area (Å²) in [6, 6.07) is 19.3. The highest BCUT2D eigenvalue weighted by molar-refractivity contribution is 7.89. The number of hydrogen-bond donors (Lipinski definition) is 0. The molecule has 0 fully saturated rings. The molecule has 30 heavy (non-hydrogen) atoms. The molecule has 2 heterocycles. The lowest BCUT2D eigenvalue weighted by atomic mass is 9.95. The molecule has 0 unspecified atom stereocenters. The number of ketones is 1. The van der Waals surface area contributed by atoms with Gasteiger partial charge in [-0.05, 0) is 40.5 Å². The van der Waals surface area contributed by atoms with Crippen LogP contribution in [0.2, 0.25) is 0 Å². The Labute approximate surface area is 182 Å². The number of Topliss-reactive ketones (excluding diaryl/α,β-unsaturated/α-hetero) is 1. The number of carbonyl (C=O) groups is 1. The fourth-order valence-electron chi connectivity index (χ4n) is 4.52. The Hall–Kier alpha value is -2.25. The molecule has 0 spiro atoms. The largest absolute Gasteiger partial charge is 0.295 e. The maximum atomic E-state index is 12.9. The van der Waals surface area contributed by atoms with Crippen molar-refractivity contribution in [1.29, 1.82) is 0 Å². The molecule has 0 saturated heterocycles. The van der Waals surface area contributed by atoms with Gasteiger partial charge >= 0.3 is 0 Å². The van der Waals surface area contributed by atoms with E-state index in [0.29, 0.717) is 18.5 Å². The molecule has 3 aromatic carbocycles. The number of nitrogens with zero attached hydrogens (tertiary/aromatic N) is 2.